The first-order chi connectivity index (χ1) is 8.86. The second-order valence-electron chi connectivity index (χ2n) is 5.05. The highest BCUT2D eigenvalue weighted by Gasteiger charge is 2.36. The fourth-order valence-corrected chi connectivity index (χ4v) is 4.02. The van der Waals surface area contributed by atoms with Crippen molar-refractivity contribution in [3.05, 3.63) is 22.7 Å². The van der Waals surface area contributed by atoms with E-state index in [-0.39, 0.29) is 4.90 Å². The average Bonchev–Trinajstić information content (AvgIpc) is 3.04. The quantitative estimate of drug-likeness (QED) is 0.822. The Morgan fingerprint density at radius 3 is 2.58 bits per heavy atom. The molecule has 2 unspecified atom stereocenters. The zero-order valence-corrected chi connectivity index (χ0v) is 13.7. The zero-order valence-electron chi connectivity index (χ0n) is 11.3. The fourth-order valence-electron chi connectivity index (χ4n) is 2.07. The van der Waals surface area contributed by atoms with E-state index in [1.165, 1.54) is 4.31 Å². The average molecular weight is 348 g/mol. The van der Waals surface area contributed by atoms with E-state index in [0.29, 0.717) is 28.6 Å². The van der Waals surface area contributed by atoms with Gasteiger partial charge in [-0.15, -0.1) is 0 Å². The molecule has 2 atom stereocenters. The van der Waals surface area contributed by atoms with Gasteiger partial charge in [0.1, 0.15) is 5.75 Å². The number of halogens is 1. The van der Waals surface area contributed by atoms with Gasteiger partial charge < -0.3 is 4.74 Å². The highest BCUT2D eigenvalue weighted by Crippen LogP contribution is 2.39. The van der Waals surface area contributed by atoms with Crippen LogP contribution < -0.4 is 4.74 Å². The van der Waals surface area contributed by atoms with Crippen molar-refractivity contribution in [1.82, 2.24) is 4.31 Å². The Balaban J connectivity index is 2.21. The van der Waals surface area contributed by atoms with E-state index in [1.54, 1.807) is 32.4 Å². The summed E-state index contributed by atoms with van der Waals surface area (Å²) < 4.78 is 32.0. The Labute approximate surface area is 122 Å². The second kappa shape index (κ2) is 5.42. The number of nitrogens with zero attached hydrogens (tertiary/aromatic N) is 1. The highest BCUT2D eigenvalue weighted by atomic mass is 79.9. The summed E-state index contributed by atoms with van der Waals surface area (Å²) in [5.41, 5.74) is 0. The number of sulfonamides is 1. The van der Waals surface area contributed by atoms with Gasteiger partial charge in [0.2, 0.25) is 10.0 Å². The molecule has 0 heterocycles. The highest BCUT2D eigenvalue weighted by molar-refractivity contribution is 9.10. The van der Waals surface area contributed by atoms with Gasteiger partial charge in [0, 0.05) is 13.6 Å². The third-order valence-corrected chi connectivity index (χ3v) is 6.04. The monoisotopic (exact) mass is 347 g/mol. The van der Waals surface area contributed by atoms with Crippen molar-refractivity contribution in [3.63, 3.8) is 0 Å². The van der Waals surface area contributed by atoms with E-state index in [4.69, 9.17) is 4.74 Å². The molecule has 4 nitrogen and oxygen atoms in total. The van der Waals surface area contributed by atoms with Gasteiger partial charge >= 0.3 is 0 Å². The van der Waals surface area contributed by atoms with Gasteiger partial charge in [0.15, 0.2) is 0 Å². The molecule has 0 bridgehead atoms. The Kier molecular flexibility index (Phi) is 4.23. The van der Waals surface area contributed by atoms with Gasteiger partial charge in [-0.1, -0.05) is 6.92 Å². The van der Waals surface area contributed by atoms with Crippen LogP contribution in [-0.4, -0.2) is 33.4 Å². The third-order valence-electron chi connectivity index (χ3n) is 3.60. The minimum atomic E-state index is -3.42. The SMILES string of the molecule is COc1ccc(S(=O)(=O)N(C)CC2CC2C)cc1Br. The molecular weight excluding hydrogens is 330 g/mol. The van der Waals surface area contributed by atoms with Crippen molar-refractivity contribution in [2.24, 2.45) is 11.8 Å². The summed E-state index contributed by atoms with van der Waals surface area (Å²) in [5, 5.41) is 0. The van der Waals surface area contributed by atoms with Crippen LogP contribution in [0, 0.1) is 11.8 Å². The Morgan fingerprint density at radius 1 is 1.47 bits per heavy atom. The summed E-state index contributed by atoms with van der Waals surface area (Å²) >= 11 is 3.31. The predicted molar refractivity (Wildman–Crippen MR) is 77.8 cm³/mol. The molecule has 2 rings (SSSR count). The molecule has 1 aromatic rings. The molecule has 1 aliphatic carbocycles. The van der Waals surface area contributed by atoms with Crippen molar-refractivity contribution >= 4 is 26.0 Å². The molecule has 19 heavy (non-hydrogen) atoms. The Morgan fingerprint density at radius 2 is 2.11 bits per heavy atom. The smallest absolute Gasteiger partial charge is 0.242 e. The molecule has 0 aromatic heterocycles. The first-order valence-electron chi connectivity index (χ1n) is 6.16. The van der Waals surface area contributed by atoms with Crippen LogP contribution >= 0.6 is 15.9 Å². The maximum atomic E-state index is 12.4. The second-order valence-corrected chi connectivity index (χ2v) is 7.95. The molecule has 1 aromatic carbocycles. The Bertz CT molecular complexity index is 573. The van der Waals surface area contributed by atoms with Crippen LogP contribution in [0.15, 0.2) is 27.6 Å². The van der Waals surface area contributed by atoms with Crippen molar-refractivity contribution in [1.29, 1.82) is 0 Å². The molecular formula is C13H18BrNO3S. The summed E-state index contributed by atoms with van der Waals surface area (Å²) in [4.78, 5) is 0.288. The van der Waals surface area contributed by atoms with E-state index in [2.05, 4.69) is 22.9 Å². The molecule has 0 saturated heterocycles. The van der Waals surface area contributed by atoms with Crippen LogP contribution in [0.25, 0.3) is 0 Å². The molecule has 0 radical (unpaired) electrons. The van der Waals surface area contributed by atoms with Crippen LogP contribution in [0.1, 0.15) is 13.3 Å². The third kappa shape index (κ3) is 3.12. The predicted octanol–water partition coefficient (Wildman–Crippen LogP) is 2.73. The lowest BCUT2D eigenvalue weighted by molar-refractivity contribution is 0.411. The number of hydrogen-bond acceptors (Lipinski definition) is 3. The standard InChI is InChI=1S/C13H18BrNO3S/c1-9-6-10(9)8-15(2)19(16,17)11-4-5-13(18-3)12(14)7-11/h4-5,7,9-10H,6,8H2,1-3H3. The molecule has 106 valence electrons. The lowest BCUT2D eigenvalue weighted by Gasteiger charge is -2.17. The first-order valence-corrected chi connectivity index (χ1v) is 8.39. The van der Waals surface area contributed by atoms with Crippen molar-refractivity contribution in [3.8, 4) is 5.75 Å². The van der Waals surface area contributed by atoms with E-state index in [9.17, 15) is 8.42 Å². The molecule has 0 amide bonds. The van der Waals surface area contributed by atoms with Crippen LogP contribution in [0.4, 0.5) is 0 Å². The van der Waals surface area contributed by atoms with E-state index < -0.39 is 10.0 Å². The molecule has 0 aliphatic heterocycles. The Hall–Kier alpha value is -0.590. The van der Waals surface area contributed by atoms with Crippen LogP contribution in [0.5, 0.6) is 5.75 Å². The minimum Gasteiger partial charge on any atom is -0.496 e. The molecule has 1 saturated carbocycles. The van der Waals surface area contributed by atoms with Crippen molar-refractivity contribution in [2.45, 2.75) is 18.2 Å². The van der Waals surface area contributed by atoms with E-state index >= 15 is 0 Å². The molecule has 0 N–H and O–H groups in total. The molecule has 6 heteroatoms. The van der Waals surface area contributed by atoms with Gasteiger partial charge in [-0.2, -0.15) is 0 Å². The first kappa shape index (κ1) is 14.8. The lowest BCUT2D eigenvalue weighted by atomic mass is 10.3. The van der Waals surface area contributed by atoms with Crippen LogP contribution in [0.3, 0.4) is 0 Å². The van der Waals surface area contributed by atoms with Gasteiger partial charge in [-0.3, -0.25) is 0 Å². The zero-order chi connectivity index (χ0) is 14.2. The van der Waals surface area contributed by atoms with E-state index in [1.807, 2.05) is 0 Å². The van der Waals surface area contributed by atoms with Crippen molar-refractivity contribution < 1.29 is 13.2 Å². The number of ether oxygens (including phenoxy) is 1. The maximum absolute atomic E-state index is 12.4. The normalized spacial score (nSPS) is 22.6. The maximum Gasteiger partial charge on any atom is 0.242 e. The summed E-state index contributed by atoms with van der Waals surface area (Å²) in [6, 6.07) is 4.82. The van der Waals surface area contributed by atoms with Crippen LogP contribution in [0.2, 0.25) is 0 Å². The van der Waals surface area contributed by atoms with Gasteiger partial charge in [0.05, 0.1) is 16.5 Å². The summed E-state index contributed by atoms with van der Waals surface area (Å²) in [5.74, 6) is 1.76. The minimum absolute atomic E-state index is 0.288. The van der Waals surface area contributed by atoms with Crippen LogP contribution in [-0.2, 0) is 10.0 Å². The number of methoxy groups -OCH3 is 1. The van der Waals surface area contributed by atoms with E-state index in [0.717, 1.165) is 6.42 Å². The topological polar surface area (TPSA) is 46.6 Å². The van der Waals surface area contributed by atoms with Gasteiger partial charge in [0.25, 0.3) is 0 Å². The van der Waals surface area contributed by atoms with Crippen molar-refractivity contribution in [2.75, 3.05) is 20.7 Å². The number of hydrogen-bond donors (Lipinski definition) is 0. The molecule has 0 spiro atoms. The summed E-state index contributed by atoms with van der Waals surface area (Å²) in [7, 11) is -0.229. The van der Waals surface area contributed by atoms with Gasteiger partial charge in [-0.25, -0.2) is 12.7 Å². The number of rotatable bonds is 5. The largest absolute Gasteiger partial charge is 0.496 e. The molecule has 1 fully saturated rings. The molecule has 1 aliphatic rings. The summed E-state index contributed by atoms with van der Waals surface area (Å²) in [6.07, 6.45) is 1.12. The lowest BCUT2D eigenvalue weighted by Crippen LogP contribution is -2.29. The summed E-state index contributed by atoms with van der Waals surface area (Å²) in [6.45, 7) is 2.74. The van der Waals surface area contributed by atoms with Gasteiger partial charge in [-0.05, 0) is 52.4 Å². The fraction of sp³-hybridized carbons (Fsp3) is 0.538. The number of benzene rings is 1.